The van der Waals surface area contributed by atoms with Gasteiger partial charge in [-0.1, -0.05) is 23.7 Å². The van der Waals surface area contributed by atoms with Gasteiger partial charge in [0, 0.05) is 29.1 Å². The molecule has 0 amide bonds. The van der Waals surface area contributed by atoms with Crippen molar-refractivity contribution in [1.29, 1.82) is 0 Å². The minimum atomic E-state index is 0.0385. The van der Waals surface area contributed by atoms with Crippen LogP contribution in [0.1, 0.15) is 17.3 Å². The normalized spacial score (nSPS) is 12.2. The van der Waals surface area contributed by atoms with Crippen LogP contribution in [-0.4, -0.2) is 11.5 Å². The van der Waals surface area contributed by atoms with Crippen LogP contribution in [0.25, 0.3) is 0 Å². The van der Waals surface area contributed by atoms with Crippen molar-refractivity contribution in [2.45, 2.75) is 13.0 Å². The van der Waals surface area contributed by atoms with E-state index in [1.54, 1.807) is 0 Å². The number of benzene rings is 1. The Bertz CT molecular complexity index is 511. The number of nitrogens with one attached hydrogen (secondary N) is 1. The Morgan fingerprint density at radius 3 is 2.78 bits per heavy atom. The van der Waals surface area contributed by atoms with Crippen LogP contribution in [-0.2, 0) is 0 Å². The maximum absolute atomic E-state index is 5.95. The minimum absolute atomic E-state index is 0.0385. The quantitative estimate of drug-likeness (QED) is 0.889. The van der Waals surface area contributed by atoms with E-state index in [0.717, 1.165) is 16.9 Å². The molecule has 1 atom stereocenters. The molecule has 0 aliphatic rings. The molecule has 0 saturated carbocycles. The fourth-order valence-electron chi connectivity index (χ4n) is 1.74. The van der Waals surface area contributed by atoms with E-state index in [1.165, 1.54) is 0 Å². The van der Waals surface area contributed by atoms with Gasteiger partial charge >= 0.3 is 0 Å². The van der Waals surface area contributed by atoms with Gasteiger partial charge in [0.1, 0.15) is 0 Å². The number of rotatable bonds is 4. The van der Waals surface area contributed by atoms with Crippen LogP contribution in [0.2, 0.25) is 5.02 Å². The molecule has 1 heterocycles. The third-order valence-electron chi connectivity index (χ3n) is 2.74. The molecule has 0 bridgehead atoms. The molecule has 1 aromatic carbocycles. The average molecular weight is 262 g/mol. The molecule has 0 aliphatic carbocycles. The molecule has 0 saturated heterocycles. The molecular formula is C14H16ClN3. The fourth-order valence-corrected chi connectivity index (χ4v) is 1.93. The summed E-state index contributed by atoms with van der Waals surface area (Å²) in [5.41, 5.74) is 8.83. The van der Waals surface area contributed by atoms with Crippen LogP contribution >= 0.6 is 11.6 Å². The molecule has 1 unspecified atom stereocenters. The number of aromatic nitrogens is 1. The number of hydrogen-bond donors (Lipinski definition) is 2. The first-order chi connectivity index (χ1) is 8.69. The summed E-state index contributed by atoms with van der Waals surface area (Å²) in [6, 6.07) is 11.7. The van der Waals surface area contributed by atoms with Crippen molar-refractivity contribution < 1.29 is 0 Å². The highest BCUT2D eigenvalue weighted by Gasteiger charge is 2.09. The number of aryl methyl sites for hydroxylation is 1. The van der Waals surface area contributed by atoms with Gasteiger partial charge in [-0.3, -0.25) is 4.98 Å². The number of nitrogens with two attached hydrogens (primary N) is 1. The van der Waals surface area contributed by atoms with Gasteiger partial charge in [-0.15, -0.1) is 0 Å². The Kier molecular flexibility index (Phi) is 4.18. The third-order valence-corrected chi connectivity index (χ3v) is 2.97. The van der Waals surface area contributed by atoms with Crippen molar-refractivity contribution in [3.8, 4) is 0 Å². The molecule has 3 N–H and O–H groups in total. The highest BCUT2D eigenvalue weighted by atomic mass is 35.5. The monoisotopic (exact) mass is 261 g/mol. The summed E-state index contributed by atoms with van der Waals surface area (Å²) < 4.78 is 0. The van der Waals surface area contributed by atoms with E-state index in [9.17, 15) is 0 Å². The number of halogens is 1. The van der Waals surface area contributed by atoms with Crippen molar-refractivity contribution in [3.63, 3.8) is 0 Å². The van der Waals surface area contributed by atoms with E-state index in [2.05, 4.69) is 10.3 Å². The van der Waals surface area contributed by atoms with Crippen LogP contribution in [0.15, 0.2) is 42.6 Å². The second-order valence-corrected chi connectivity index (χ2v) is 4.61. The smallest absolute Gasteiger partial charge is 0.0651 e. The predicted molar refractivity (Wildman–Crippen MR) is 75.8 cm³/mol. The summed E-state index contributed by atoms with van der Waals surface area (Å²) in [4.78, 5) is 4.29. The second kappa shape index (κ2) is 5.85. The predicted octanol–water partition coefficient (Wildman–Crippen LogP) is 3.16. The van der Waals surface area contributed by atoms with Crippen molar-refractivity contribution in [2.24, 2.45) is 5.73 Å². The number of nitrogens with zero attached hydrogens (tertiary/aromatic N) is 1. The minimum Gasteiger partial charge on any atom is -0.377 e. The SMILES string of the molecule is Cc1ccc(C(CN)Nc2cccc(Cl)c2)cn1. The first kappa shape index (κ1) is 12.9. The van der Waals surface area contributed by atoms with Gasteiger partial charge in [-0.2, -0.15) is 0 Å². The standard InChI is InChI=1S/C14H16ClN3/c1-10-5-6-11(9-17-10)14(8-16)18-13-4-2-3-12(15)7-13/h2-7,9,14,18H,8,16H2,1H3. The summed E-state index contributed by atoms with van der Waals surface area (Å²) in [5.74, 6) is 0. The van der Waals surface area contributed by atoms with E-state index < -0.39 is 0 Å². The number of pyridine rings is 1. The molecule has 0 spiro atoms. The summed E-state index contributed by atoms with van der Waals surface area (Å²) >= 11 is 5.95. The maximum Gasteiger partial charge on any atom is 0.0651 e. The Balaban J connectivity index is 2.17. The highest BCUT2D eigenvalue weighted by Crippen LogP contribution is 2.21. The van der Waals surface area contributed by atoms with Crippen LogP contribution in [0.5, 0.6) is 0 Å². The first-order valence-electron chi connectivity index (χ1n) is 5.84. The van der Waals surface area contributed by atoms with Crippen LogP contribution < -0.4 is 11.1 Å². The summed E-state index contributed by atoms with van der Waals surface area (Å²) in [6.07, 6.45) is 1.85. The van der Waals surface area contributed by atoms with Crippen LogP contribution in [0.3, 0.4) is 0 Å². The van der Waals surface area contributed by atoms with Gasteiger partial charge in [0.2, 0.25) is 0 Å². The molecule has 0 aliphatic heterocycles. The molecule has 1 aromatic heterocycles. The topological polar surface area (TPSA) is 50.9 Å². The van der Waals surface area contributed by atoms with Gasteiger partial charge in [0.25, 0.3) is 0 Å². The molecule has 0 fully saturated rings. The van der Waals surface area contributed by atoms with Crippen molar-refractivity contribution in [1.82, 2.24) is 4.98 Å². The van der Waals surface area contributed by atoms with E-state index in [0.29, 0.717) is 11.6 Å². The molecule has 0 radical (unpaired) electrons. The molecular weight excluding hydrogens is 246 g/mol. The molecule has 2 rings (SSSR count). The lowest BCUT2D eigenvalue weighted by Gasteiger charge is -2.18. The summed E-state index contributed by atoms with van der Waals surface area (Å²) in [7, 11) is 0. The second-order valence-electron chi connectivity index (χ2n) is 4.18. The average Bonchev–Trinajstić information content (AvgIpc) is 2.37. The Morgan fingerprint density at radius 2 is 2.17 bits per heavy atom. The van der Waals surface area contributed by atoms with Crippen molar-refractivity contribution in [2.75, 3.05) is 11.9 Å². The molecule has 18 heavy (non-hydrogen) atoms. The Morgan fingerprint density at radius 1 is 1.33 bits per heavy atom. The number of anilines is 1. The Labute approximate surface area is 112 Å². The van der Waals surface area contributed by atoms with Gasteiger partial charge < -0.3 is 11.1 Å². The lowest BCUT2D eigenvalue weighted by Crippen LogP contribution is -2.20. The van der Waals surface area contributed by atoms with Gasteiger partial charge in [-0.25, -0.2) is 0 Å². The Hall–Kier alpha value is -1.58. The molecule has 94 valence electrons. The van der Waals surface area contributed by atoms with Gasteiger partial charge in [0.05, 0.1) is 6.04 Å². The maximum atomic E-state index is 5.95. The number of hydrogen-bond acceptors (Lipinski definition) is 3. The zero-order valence-electron chi connectivity index (χ0n) is 10.2. The largest absolute Gasteiger partial charge is 0.377 e. The van der Waals surface area contributed by atoms with Gasteiger partial charge in [0.15, 0.2) is 0 Å². The first-order valence-corrected chi connectivity index (χ1v) is 6.21. The summed E-state index contributed by atoms with van der Waals surface area (Å²) in [5, 5.41) is 4.06. The lowest BCUT2D eigenvalue weighted by atomic mass is 10.1. The van der Waals surface area contributed by atoms with Gasteiger partial charge in [-0.05, 0) is 36.8 Å². The molecule has 3 nitrogen and oxygen atoms in total. The highest BCUT2D eigenvalue weighted by molar-refractivity contribution is 6.30. The zero-order valence-corrected chi connectivity index (χ0v) is 11.0. The lowest BCUT2D eigenvalue weighted by molar-refractivity contribution is 0.784. The van der Waals surface area contributed by atoms with Crippen molar-refractivity contribution in [3.05, 3.63) is 58.9 Å². The molecule has 2 aromatic rings. The van der Waals surface area contributed by atoms with Crippen LogP contribution in [0.4, 0.5) is 5.69 Å². The third kappa shape index (κ3) is 3.22. The fraction of sp³-hybridized carbons (Fsp3) is 0.214. The van der Waals surface area contributed by atoms with E-state index in [-0.39, 0.29) is 6.04 Å². The van der Waals surface area contributed by atoms with Crippen molar-refractivity contribution >= 4 is 17.3 Å². The zero-order chi connectivity index (χ0) is 13.0. The molecule has 4 heteroatoms. The van der Waals surface area contributed by atoms with E-state index >= 15 is 0 Å². The summed E-state index contributed by atoms with van der Waals surface area (Å²) in [6.45, 7) is 2.46. The van der Waals surface area contributed by atoms with E-state index in [4.69, 9.17) is 17.3 Å². The van der Waals surface area contributed by atoms with E-state index in [1.807, 2.05) is 49.5 Å². The van der Waals surface area contributed by atoms with Crippen LogP contribution in [0, 0.1) is 6.92 Å².